The number of esters is 1. The fourth-order valence-corrected chi connectivity index (χ4v) is 2.79. The average Bonchev–Trinajstić information content (AvgIpc) is 3.13. The largest absolute Gasteiger partial charge is 0.462 e. The van der Waals surface area contributed by atoms with E-state index in [4.69, 9.17) is 9.26 Å². The van der Waals surface area contributed by atoms with Gasteiger partial charge >= 0.3 is 5.97 Å². The van der Waals surface area contributed by atoms with Crippen molar-refractivity contribution in [3.8, 4) is 0 Å². The number of carbonyl (C=O) groups is 4. The van der Waals surface area contributed by atoms with E-state index >= 15 is 0 Å². The summed E-state index contributed by atoms with van der Waals surface area (Å²) in [6.07, 6.45) is 0. The molecule has 0 aliphatic carbocycles. The van der Waals surface area contributed by atoms with Crippen LogP contribution in [0.1, 0.15) is 50.6 Å². The van der Waals surface area contributed by atoms with E-state index in [1.165, 1.54) is 26.0 Å². The Balaban J connectivity index is 1.81. The number of anilines is 1. The van der Waals surface area contributed by atoms with Gasteiger partial charge in [0.15, 0.2) is 0 Å². The van der Waals surface area contributed by atoms with Crippen molar-refractivity contribution < 1.29 is 28.4 Å². The lowest BCUT2D eigenvalue weighted by Crippen LogP contribution is -2.45. The van der Waals surface area contributed by atoms with Crippen LogP contribution in [0, 0.1) is 6.92 Å². The Morgan fingerprint density at radius 2 is 1.81 bits per heavy atom. The first-order chi connectivity index (χ1) is 12.9. The Labute approximate surface area is 154 Å². The number of imide groups is 1. The number of aryl methyl sites for hydroxylation is 1. The van der Waals surface area contributed by atoms with E-state index in [1.807, 2.05) is 0 Å². The van der Waals surface area contributed by atoms with Crippen LogP contribution in [0.25, 0.3) is 0 Å². The van der Waals surface area contributed by atoms with Gasteiger partial charge in [0.05, 0.1) is 23.4 Å². The highest BCUT2D eigenvalue weighted by Crippen LogP contribution is 2.26. The lowest BCUT2D eigenvalue weighted by molar-refractivity contribution is -0.119. The fraction of sp³-hybridized carbons (Fsp3) is 0.278. The monoisotopic (exact) mass is 371 g/mol. The van der Waals surface area contributed by atoms with Crippen molar-refractivity contribution in [1.82, 2.24) is 10.1 Å². The number of amides is 3. The third kappa shape index (κ3) is 3.07. The van der Waals surface area contributed by atoms with Crippen LogP contribution >= 0.6 is 0 Å². The molecule has 3 rings (SSSR count). The van der Waals surface area contributed by atoms with Gasteiger partial charge in [-0.15, -0.1) is 0 Å². The molecule has 3 amide bonds. The maximum atomic E-state index is 12.6. The van der Waals surface area contributed by atoms with Crippen LogP contribution in [0.5, 0.6) is 0 Å². The number of hydrogen-bond acceptors (Lipinski definition) is 7. The van der Waals surface area contributed by atoms with Gasteiger partial charge in [0.1, 0.15) is 11.6 Å². The van der Waals surface area contributed by atoms with E-state index in [2.05, 4.69) is 10.5 Å². The molecule has 27 heavy (non-hydrogen) atoms. The molecule has 0 spiro atoms. The first-order valence-corrected chi connectivity index (χ1v) is 8.28. The second-order valence-corrected chi connectivity index (χ2v) is 5.88. The first-order valence-electron chi connectivity index (χ1n) is 8.28. The summed E-state index contributed by atoms with van der Waals surface area (Å²) in [5, 5.41) is 6.05. The fourth-order valence-electron chi connectivity index (χ4n) is 2.79. The summed E-state index contributed by atoms with van der Waals surface area (Å²) in [7, 11) is 0. The molecule has 140 valence electrons. The van der Waals surface area contributed by atoms with Gasteiger partial charge in [0.25, 0.3) is 11.8 Å². The number of nitrogens with one attached hydrogen (secondary N) is 1. The molecule has 9 heteroatoms. The summed E-state index contributed by atoms with van der Waals surface area (Å²) >= 11 is 0. The summed E-state index contributed by atoms with van der Waals surface area (Å²) < 4.78 is 9.91. The first kappa shape index (κ1) is 18.3. The predicted octanol–water partition coefficient (Wildman–Crippen LogP) is 1.78. The summed E-state index contributed by atoms with van der Waals surface area (Å²) in [6, 6.07) is 5.21. The van der Waals surface area contributed by atoms with Crippen molar-refractivity contribution in [3.05, 3.63) is 46.6 Å². The van der Waals surface area contributed by atoms with Crippen LogP contribution in [0.15, 0.2) is 28.8 Å². The van der Waals surface area contributed by atoms with Crippen molar-refractivity contribution in [1.29, 1.82) is 0 Å². The quantitative estimate of drug-likeness (QED) is 0.628. The van der Waals surface area contributed by atoms with Crippen molar-refractivity contribution in [2.45, 2.75) is 26.8 Å². The number of nitrogens with zero attached hydrogens (tertiary/aromatic N) is 2. The topological polar surface area (TPSA) is 119 Å². The zero-order valence-electron chi connectivity index (χ0n) is 14.9. The van der Waals surface area contributed by atoms with Gasteiger partial charge in [-0.05, 0) is 32.9 Å². The molecule has 2 heterocycles. The van der Waals surface area contributed by atoms with E-state index in [-0.39, 0.29) is 34.9 Å². The lowest BCUT2D eigenvalue weighted by atomic mass is 10.1. The normalized spacial score (nSPS) is 14.1. The van der Waals surface area contributed by atoms with Gasteiger partial charge in [-0.1, -0.05) is 17.3 Å². The Bertz CT molecular complexity index is 913. The second-order valence-electron chi connectivity index (χ2n) is 5.88. The molecule has 9 nitrogen and oxygen atoms in total. The van der Waals surface area contributed by atoms with Crippen LogP contribution in [-0.4, -0.2) is 46.4 Å². The van der Waals surface area contributed by atoms with Crippen molar-refractivity contribution in [2.75, 3.05) is 11.9 Å². The molecule has 1 unspecified atom stereocenters. The molecule has 1 atom stereocenters. The zero-order chi connectivity index (χ0) is 19.7. The van der Waals surface area contributed by atoms with E-state index in [9.17, 15) is 19.2 Å². The summed E-state index contributed by atoms with van der Waals surface area (Å²) in [5.41, 5.74) is 0.714. The standard InChI is InChI=1S/C18H17N3O6/c1-4-26-18(25)13-9(2)20-27-15(13)19-14(22)10(3)21-16(23)11-7-5-6-8-12(11)17(21)24/h5-8,10H,4H2,1-3H3,(H,19,22). The van der Waals surface area contributed by atoms with E-state index in [0.717, 1.165) is 4.90 Å². The third-order valence-corrected chi connectivity index (χ3v) is 4.17. The molecule has 1 aliphatic heterocycles. The van der Waals surface area contributed by atoms with E-state index in [0.29, 0.717) is 0 Å². The minimum Gasteiger partial charge on any atom is -0.462 e. The number of fused-ring (bicyclic) bond motifs is 1. The van der Waals surface area contributed by atoms with Crippen LogP contribution in [0.4, 0.5) is 5.88 Å². The number of hydrogen-bond donors (Lipinski definition) is 1. The van der Waals surface area contributed by atoms with Crippen LogP contribution in [-0.2, 0) is 9.53 Å². The van der Waals surface area contributed by atoms with Gasteiger partial charge < -0.3 is 9.26 Å². The Kier molecular flexibility index (Phi) is 4.76. The van der Waals surface area contributed by atoms with E-state index < -0.39 is 29.7 Å². The number of benzene rings is 1. The van der Waals surface area contributed by atoms with Crippen molar-refractivity contribution >= 4 is 29.6 Å². The highest BCUT2D eigenvalue weighted by molar-refractivity contribution is 6.23. The van der Waals surface area contributed by atoms with Crippen LogP contribution in [0.3, 0.4) is 0 Å². The predicted molar refractivity (Wildman–Crippen MR) is 92.2 cm³/mol. The van der Waals surface area contributed by atoms with Gasteiger partial charge in [0, 0.05) is 0 Å². The highest BCUT2D eigenvalue weighted by atomic mass is 16.5. The van der Waals surface area contributed by atoms with Gasteiger partial charge in [-0.25, -0.2) is 4.79 Å². The molecule has 0 bridgehead atoms. The Hall–Kier alpha value is -3.49. The smallest absolute Gasteiger partial charge is 0.345 e. The van der Waals surface area contributed by atoms with Crippen molar-refractivity contribution in [3.63, 3.8) is 0 Å². The number of aromatic nitrogens is 1. The molecule has 0 fully saturated rings. The average molecular weight is 371 g/mol. The number of rotatable bonds is 5. The molecule has 0 saturated carbocycles. The lowest BCUT2D eigenvalue weighted by Gasteiger charge is -2.21. The molecular formula is C18H17N3O6. The summed E-state index contributed by atoms with van der Waals surface area (Å²) in [5.74, 6) is -2.71. The Morgan fingerprint density at radius 3 is 2.37 bits per heavy atom. The van der Waals surface area contributed by atoms with Gasteiger partial charge in [0.2, 0.25) is 11.8 Å². The molecule has 1 aromatic carbocycles. The van der Waals surface area contributed by atoms with Crippen LogP contribution < -0.4 is 5.32 Å². The summed E-state index contributed by atoms with van der Waals surface area (Å²) in [4.78, 5) is 50.4. The Morgan fingerprint density at radius 1 is 1.22 bits per heavy atom. The van der Waals surface area contributed by atoms with Crippen LogP contribution in [0.2, 0.25) is 0 Å². The van der Waals surface area contributed by atoms with Gasteiger partial charge in [-0.3, -0.25) is 24.6 Å². The second kappa shape index (κ2) is 7.02. The minimum absolute atomic E-state index is 0.0141. The molecule has 1 N–H and O–H groups in total. The minimum atomic E-state index is -1.13. The summed E-state index contributed by atoms with van der Waals surface area (Å²) in [6.45, 7) is 4.72. The maximum Gasteiger partial charge on any atom is 0.345 e. The molecule has 1 aliphatic rings. The van der Waals surface area contributed by atoms with E-state index in [1.54, 1.807) is 19.1 Å². The van der Waals surface area contributed by atoms with Gasteiger partial charge in [-0.2, -0.15) is 0 Å². The SMILES string of the molecule is CCOC(=O)c1c(C)noc1NC(=O)C(C)N1C(=O)c2ccccc2C1=O. The molecular weight excluding hydrogens is 354 g/mol. The van der Waals surface area contributed by atoms with Crippen molar-refractivity contribution in [2.24, 2.45) is 0 Å². The zero-order valence-corrected chi connectivity index (χ0v) is 14.9. The maximum absolute atomic E-state index is 12.6. The number of ether oxygens (including phenoxy) is 1. The molecule has 0 saturated heterocycles. The molecule has 2 aromatic rings. The number of carbonyl (C=O) groups excluding carboxylic acids is 4. The molecule has 0 radical (unpaired) electrons. The molecule has 1 aromatic heterocycles. The third-order valence-electron chi connectivity index (χ3n) is 4.17. The highest BCUT2D eigenvalue weighted by Gasteiger charge is 2.41.